The summed E-state index contributed by atoms with van der Waals surface area (Å²) in [5.41, 5.74) is 0. The smallest absolute Gasteiger partial charge is 0.250 e. The van der Waals surface area contributed by atoms with Gasteiger partial charge in [0.05, 0.1) is 15.4 Å². The molecule has 0 bridgehead atoms. The van der Waals surface area contributed by atoms with Crippen LogP contribution < -0.4 is 4.72 Å². The van der Waals surface area contributed by atoms with Gasteiger partial charge in [-0.2, -0.15) is 0 Å². The highest BCUT2D eigenvalue weighted by atomic mass is 79.9. The predicted octanol–water partition coefficient (Wildman–Crippen LogP) is 2.38. The Labute approximate surface area is 122 Å². The number of thiophene rings is 1. The van der Waals surface area contributed by atoms with E-state index in [0.717, 1.165) is 11.3 Å². The third-order valence-electron chi connectivity index (χ3n) is 2.23. The molecular weight excluding hydrogens is 362 g/mol. The molecule has 2 rings (SSSR count). The average molecular weight is 371 g/mol. The van der Waals surface area contributed by atoms with Gasteiger partial charge >= 0.3 is 0 Å². The standard InChI is InChI=1S/C9H9BrClN3O2S2/c1-14-3-2-12-7(14)5-13-18(15,16)8-4-6(11)9(10)17-8/h2-4,13H,5H2,1H3. The van der Waals surface area contributed by atoms with E-state index >= 15 is 0 Å². The first-order valence-electron chi connectivity index (χ1n) is 4.81. The van der Waals surface area contributed by atoms with Gasteiger partial charge in [-0.05, 0) is 22.0 Å². The van der Waals surface area contributed by atoms with Crippen molar-refractivity contribution in [2.24, 2.45) is 7.05 Å². The number of imidazole rings is 1. The van der Waals surface area contributed by atoms with Crippen LogP contribution in [0.25, 0.3) is 0 Å². The molecule has 18 heavy (non-hydrogen) atoms. The Bertz CT molecular complexity index is 646. The second-order valence-corrected chi connectivity index (χ2v) is 8.24. The lowest BCUT2D eigenvalue weighted by atomic mass is 10.6. The quantitative estimate of drug-likeness (QED) is 0.898. The predicted molar refractivity (Wildman–Crippen MR) is 74.3 cm³/mol. The minimum absolute atomic E-state index is 0.138. The highest BCUT2D eigenvalue weighted by molar-refractivity contribution is 9.11. The number of aromatic nitrogens is 2. The van der Waals surface area contributed by atoms with Crippen LogP contribution in [-0.4, -0.2) is 18.0 Å². The third-order valence-corrected chi connectivity index (χ3v) is 6.58. The minimum Gasteiger partial charge on any atom is -0.337 e. The first kappa shape index (κ1) is 14.0. The molecule has 98 valence electrons. The summed E-state index contributed by atoms with van der Waals surface area (Å²) in [6.07, 6.45) is 3.37. The summed E-state index contributed by atoms with van der Waals surface area (Å²) in [5.74, 6) is 0.639. The fourth-order valence-corrected chi connectivity index (χ4v) is 4.68. The maximum atomic E-state index is 12.0. The largest absolute Gasteiger partial charge is 0.337 e. The molecule has 0 radical (unpaired) electrons. The SMILES string of the molecule is Cn1ccnc1CNS(=O)(=O)c1cc(Cl)c(Br)s1. The van der Waals surface area contributed by atoms with Crippen molar-refractivity contribution in [3.8, 4) is 0 Å². The van der Waals surface area contributed by atoms with Crippen molar-refractivity contribution < 1.29 is 8.42 Å². The zero-order valence-corrected chi connectivity index (χ0v) is 13.2. The molecule has 0 amide bonds. The number of aryl methyl sites for hydroxylation is 1. The van der Waals surface area contributed by atoms with E-state index in [0.29, 0.717) is 14.6 Å². The van der Waals surface area contributed by atoms with Gasteiger partial charge in [0, 0.05) is 19.4 Å². The van der Waals surface area contributed by atoms with E-state index < -0.39 is 10.0 Å². The fourth-order valence-electron chi connectivity index (χ4n) is 1.26. The zero-order valence-electron chi connectivity index (χ0n) is 9.22. The van der Waals surface area contributed by atoms with E-state index in [4.69, 9.17) is 11.6 Å². The topological polar surface area (TPSA) is 64.0 Å². The third kappa shape index (κ3) is 2.94. The summed E-state index contributed by atoms with van der Waals surface area (Å²) >= 11 is 10.1. The van der Waals surface area contributed by atoms with E-state index in [2.05, 4.69) is 25.6 Å². The van der Waals surface area contributed by atoms with E-state index in [1.165, 1.54) is 6.07 Å². The Hall–Kier alpha value is -0.410. The summed E-state index contributed by atoms with van der Waals surface area (Å²) in [7, 11) is -1.75. The number of sulfonamides is 1. The number of hydrogen-bond acceptors (Lipinski definition) is 4. The number of nitrogens with one attached hydrogen (secondary N) is 1. The van der Waals surface area contributed by atoms with Crippen LogP contribution in [0, 0.1) is 0 Å². The molecule has 0 saturated heterocycles. The lowest BCUT2D eigenvalue weighted by Gasteiger charge is -2.04. The molecule has 1 N–H and O–H groups in total. The number of hydrogen-bond donors (Lipinski definition) is 1. The molecule has 5 nitrogen and oxygen atoms in total. The van der Waals surface area contributed by atoms with Crippen LogP contribution in [0.2, 0.25) is 5.02 Å². The molecule has 9 heteroatoms. The van der Waals surface area contributed by atoms with Crippen LogP contribution in [0.3, 0.4) is 0 Å². The molecule has 0 aromatic carbocycles. The molecule has 2 aromatic heterocycles. The van der Waals surface area contributed by atoms with Gasteiger partial charge in [-0.1, -0.05) is 11.6 Å². The van der Waals surface area contributed by atoms with Crippen LogP contribution in [0.15, 0.2) is 26.5 Å². The first-order chi connectivity index (χ1) is 8.40. The van der Waals surface area contributed by atoms with Crippen molar-refractivity contribution in [2.45, 2.75) is 10.8 Å². The van der Waals surface area contributed by atoms with Crippen molar-refractivity contribution >= 4 is 48.9 Å². The Morgan fingerprint density at radius 3 is 2.83 bits per heavy atom. The Kier molecular flexibility index (Phi) is 4.12. The normalized spacial score (nSPS) is 11.9. The van der Waals surface area contributed by atoms with Crippen molar-refractivity contribution in [3.05, 3.63) is 33.1 Å². The average Bonchev–Trinajstić information content (AvgIpc) is 2.84. The summed E-state index contributed by atoms with van der Waals surface area (Å²) in [6, 6.07) is 1.41. The zero-order chi connectivity index (χ0) is 13.3. The Balaban J connectivity index is 2.15. The molecule has 0 spiro atoms. The van der Waals surface area contributed by atoms with Gasteiger partial charge in [0.2, 0.25) is 0 Å². The molecule has 0 aliphatic heterocycles. The molecule has 0 fully saturated rings. The fraction of sp³-hybridized carbons (Fsp3) is 0.222. The molecule has 0 atom stereocenters. The maximum absolute atomic E-state index is 12.0. The Morgan fingerprint density at radius 2 is 2.33 bits per heavy atom. The van der Waals surface area contributed by atoms with Crippen LogP contribution in [0.4, 0.5) is 0 Å². The van der Waals surface area contributed by atoms with E-state index in [1.807, 2.05) is 0 Å². The molecule has 0 aliphatic rings. The van der Waals surface area contributed by atoms with E-state index in [9.17, 15) is 8.42 Å². The van der Waals surface area contributed by atoms with Crippen molar-refractivity contribution in [1.29, 1.82) is 0 Å². The summed E-state index contributed by atoms with van der Waals surface area (Å²) in [5, 5.41) is 0.386. The van der Waals surface area contributed by atoms with Gasteiger partial charge in [0.1, 0.15) is 10.0 Å². The molecule has 0 saturated carbocycles. The molecule has 2 heterocycles. The second-order valence-electron chi connectivity index (χ2n) is 3.47. The highest BCUT2D eigenvalue weighted by Crippen LogP contribution is 2.34. The molecular formula is C9H9BrClN3O2S2. The molecule has 2 aromatic rings. The first-order valence-corrected chi connectivity index (χ1v) is 8.28. The summed E-state index contributed by atoms with van der Waals surface area (Å²) in [4.78, 5) is 4.04. The van der Waals surface area contributed by atoms with Gasteiger partial charge in [-0.3, -0.25) is 0 Å². The number of rotatable bonds is 4. The second kappa shape index (κ2) is 5.30. The van der Waals surface area contributed by atoms with Crippen LogP contribution in [0.5, 0.6) is 0 Å². The minimum atomic E-state index is -3.55. The van der Waals surface area contributed by atoms with Gasteiger partial charge in [-0.25, -0.2) is 18.1 Å². The highest BCUT2D eigenvalue weighted by Gasteiger charge is 2.19. The monoisotopic (exact) mass is 369 g/mol. The summed E-state index contributed by atoms with van der Waals surface area (Å²) in [6.45, 7) is 0.138. The number of nitrogens with zero attached hydrogens (tertiary/aromatic N) is 2. The van der Waals surface area contributed by atoms with Crippen molar-refractivity contribution in [1.82, 2.24) is 14.3 Å². The van der Waals surface area contributed by atoms with Gasteiger partial charge in [0.25, 0.3) is 10.0 Å². The van der Waals surface area contributed by atoms with E-state index in [1.54, 1.807) is 24.0 Å². The van der Waals surface area contributed by atoms with Gasteiger partial charge < -0.3 is 4.57 Å². The van der Waals surface area contributed by atoms with E-state index in [-0.39, 0.29) is 10.8 Å². The maximum Gasteiger partial charge on any atom is 0.250 e. The van der Waals surface area contributed by atoms with Crippen LogP contribution in [0.1, 0.15) is 5.82 Å². The van der Waals surface area contributed by atoms with Crippen molar-refractivity contribution in [2.75, 3.05) is 0 Å². The Morgan fingerprint density at radius 1 is 1.61 bits per heavy atom. The number of halogens is 2. The van der Waals surface area contributed by atoms with Gasteiger partial charge in [-0.15, -0.1) is 11.3 Å². The summed E-state index contributed by atoms with van der Waals surface area (Å²) < 4.78 is 29.0. The lowest BCUT2D eigenvalue weighted by Crippen LogP contribution is -2.23. The molecule has 0 aliphatic carbocycles. The lowest BCUT2D eigenvalue weighted by molar-refractivity contribution is 0.579. The van der Waals surface area contributed by atoms with Crippen LogP contribution >= 0.6 is 38.9 Å². The van der Waals surface area contributed by atoms with Gasteiger partial charge in [0.15, 0.2) is 0 Å². The van der Waals surface area contributed by atoms with Crippen molar-refractivity contribution in [3.63, 3.8) is 0 Å². The molecule has 0 unspecified atom stereocenters. The van der Waals surface area contributed by atoms with Crippen LogP contribution in [-0.2, 0) is 23.6 Å².